The van der Waals surface area contributed by atoms with Crippen LogP contribution in [0, 0.1) is 0 Å². The summed E-state index contributed by atoms with van der Waals surface area (Å²) >= 11 is 0. The van der Waals surface area contributed by atoms with Crippen molar-refractivity contribution < 1.29 is 0 Å². The minimum absolute atomic E-state index is 0.968. The molecule has 0 saturated carbocycles. The number of nitrogens with one attached hydrogen (secondary N) is 1. The molecule has 156 valence electrons. The highest BCUT2D eigenvalue weighted by atomic mass is 15.1. The Morgan fingerprint density at radius 3 is 1.66 bits per heavy atom. The molecule has 0 unspecified atom stereocenters. The van der Waals surface area contributed by atoms with Crippen molar-refractivity contribution in [1.29, 1.82) is 0 Å². The first-order chi connectivity index (χ1) is 15.8. The molecule has 0 aliphatic carbocycles. The van der Waals surface area contributed by atoms with Crippen molar-refractivity contribution in [3.63, 3.8) is 0 Å². The summed E-state index contributed by atoms with van der Waals surface area (Å²) in [5.41, 5.74) is 7.59. The van der Waals surface area contributed by atoms with E-state index < -0.39 is 0 Å². The summed E-state index contributed by atoms with van der Waals surface area (Å²) in [7, 11) is 0. The maximum atomic E-state index is 3.99. The Labute approximate surface area is 190 Å². The number of allylic oxidation sites excluding steroid dienone is 3. The Morgan fingerprint density at radius 2 is 1.09 bits per heavy atom. The zero-order chi connectivity index (χ0) is 22.2. The van der Waals surface area contributed by atoms with Crippen molar-refractivity contribution in [3.8, 4) is 11.1 Å². The molecule has 0 saturated heterocycles. The summed E-state index contributed by atoms with van der Waals surface area (Å²) < 4.78 is 0. The smallest absolute Gasteiger partial charge is 0.0462 e. The monoisotopic (exact) mass is 414 g/mol. The summed E-state index contributed by atoms with van der Waals surface area (Å²) in [6, 6.07) is 37.5. The maximum Gasteiger partial charge on any atom is 0.0462 e. The van der Waals surface area contributed by atoms with E-state index in [9.17, 15) is 0 Å². The maximum absolute atomic E-state index is 3.99. The Hall–Kier alpha value is -4.30. The fourth-order valence-corrected chi connectivity index (χ4v) is 3.62. The van der Waals surface area contributed by atoms with Crippen LogP contribution in [0.1, 0.15) is 0 Å². The van der Waals surface area contributed by atoms with E-state index in [1.165, 1.54) is 11.1 Å². The van der Waals surface area contributed by atoms with E-state index in [-0.39, 0.29) is 0 Å². The number of anilines is 4. The lowest BCUT2D eigenvalue weighted by Gasteiger charge is -2.26. The number of hydrogen-bond acceptors (Lipinski definition) is 2. The second kappa shape index (κ2) is 10.1. The van der Waals surface area contributed by atoms with Gasteiger partial charge in [-0.1, -0.05) is 79.9 Å². The van der Waals surface area contributed by atoms with E-state index in [2.05, 4.69) is 96.2 Å². The van der Waals surface area contributed by atoms with Crippen molar-refractivity contribution in [1.82, 2.24) is 0 Å². The van der Waals surface area contributed by atoms with Crippen LogP contribution in [0.2, 0.25) is 0 Å². The normalized spacial score (nSPS) is 10.9. The fraction of sp³-hybridized carbons (Fsp3) is 0. The van der Waals surface area contributed by atoms with E-state index in [0.717, 1.165) is 28.4 Å². The van der Waals surface area contributed by atoms with Crippen molar-refractivity contribution in [2.24, 2.45) is 0 Å². The summed E-state index contributed by atoms with van der Waals surface area (Å²) in [5, 5.41) is 3.43. The van der Waals surface area contributed by atoms with Crippen LogP contribution in [0.3, 0.4) is 0 Å². The SMILES string of the molecule is C=C/C=C(\C=C)N(c1ccccc1)c1ccc(-c2ccc(Nc3ccccc3)cc2)cc1. The minimum Gasteiger partial charge on any atom is -0.356 e. The molecular weight excluding hydrogens is 388 g/mol. The Kier molecular flexibility index (Phi) is 6.64. The van der Waals surface area contributed by atoms with Gasteiger partial charge in [-0.2, -0.15) is 0 Å². The van der Waals surface area contributed by atoms with Gasteiger partial charge in [0, 0.05) is 28.4 Å². The van der Waals surface area contributed by atoms with Crippen LogP contribution < -0.4 is 10.2 Å². The molecule has 1 N–H and O–H groups in total. The highest BCUT2D eigenvalue weighted by Gasteiger charge is 2.12. The largest absolute Gasteiger partial charge is 0.356 e. The van der Waals surface area contributed by atoms with Crippen LogP contribution in [0.15, 0.2) is 146 Å². The Morgan fingerprint density at radius 1 is 0.594 bits per heavy atom. The predicted molar refractivity (Wildman–Crippen MR) is 139 cm³/mol. The number of rotatable bonds is 8. The van der Waals surface area contributed by atoms with Crippen LogP contribution in [-0.4, -0.2) is 0 Å². The number of benzene rings is 4. The third-order valence-electron chi connectivity index (χ3n) is 5.18. The highest BCUT2D eigenvalue weighted by Crippen LogP contribution is 2.32. The molecule has 0 amide bonds. The van der Waals surface area contributed by atoms with Gasteiger partial charge in [0.05, 0.1) is 0 Å². The van der Waals surface area contributed by atoms with Gasteiger partial charge in [0.1, 0.15) is 0 Å². The molecule has 0 atom stereocenters. The summed E-state index contributed by atoms with van der Waals surface area (Å²) in [5.74, 6) is 0. The minimum atomic E-state index is 0.968. The van der Waals surface area contributed by atoms with E-state index >= 15 is 0 Å². The van der Waals surface area contributed by atoms with Crippen molar-refractivity contribution >= 4 is 22.7 Å². The molecule has 0 spiro atoms. The molecule has 4 aromatic carbocycles. The summed E-state index contributed by atoms with van der Waals surface area (Å²) in [4.78, 5) is 2.17. The molecule has 32 heavy (non-hydrogen) atoms. The summed E-state index contributed by atoms with van der Waals surface area (Å²) in [6.45, 7) is 7.84. The quantitative estimate of drug-likeness (QED) is 0.291. The molecule has 0 heterocycles. The lowest BCUT2D eigenvalue weighted by molar-refractivity contribution is 1.21. The first-order valence-corrected chi connectivity index (χ1v) is 10.6. The Balaban J connectivity index is 1.59. The third kappa shape index (κ3) is 4.88. The second-order valence-electron chi connectivity index (χ2n) is 7.32. The molecule has 2 heteroatoms. The average molecular weight is 415 g/mol. The molecule has 4 aromatic rings. The third-order valence-corrected chi connectivity index (χ3v) is 5.18. The van der Waals surface area contributed by atoms with Crippen LogP contribution in [0.25, 0.3) is 11.1 Å². The zero-order valence-corrected chi connectivity index (χ0v) is 18.0. The van der Waals surface area contributed by atoms with Gasteiger partial charge in [-0.15, -0.1) is 0 Å². The van der Waals surface area contributed by atoms with Gasteiger partial charge in [0.2, 0.25) is 0 Å². The van der Waals surface area contributed by atoms with Crippen molar-refractivity contribution in [2.45, 2.75) is 0 Å². The summed E-state index contributed by atoms with van der Waals surface area (Å²) in [6.07, 6.45) is 5.60. The predicted octanol–water partition coefficient (Wildman–Crippen LogP) is 8.49. The van der Waals surface area contributed by atoms with E-state index in [4.69, 9.17) is 0 Å². The van der Waals surface area contributed by atoms with Crippen LogP contribution >= 0.6 is 0 Å². The van der Waals surface area contributed by atoms with Gasteiger partial charge in [0.15, 0.2) is 0 Å². The van der Waals surface area contributed by atoms with E-state index in [0.29, 0.717) is 0 Å². The lowest BCUT2D eigenvalue weighted by atomic mass is 10.0. The van der Waals surface area contributed by atoms with Gasteiger partial charge in [-0.05, 0) is 71.8 Å². The fourth-order valence-electron chi connectivity index (χ4n) is 3.62. The average Bonchev–Trinajstić information content (AvgIpc) is 2.86. The van der Waals surface area contributed by atoms with Crippen LogP contribution in [0.5, 0.6) is 0 Å². The molecule has 0 aliphatic heterocycles. The molecule has 2 nitrogen and oxygen atoms in total. The van der Waals surface area contributed by atoms with Gasteiger partial charge >= 0.3 is 0 Å². The standard InChI is InChI=1S/C30H26N2/c1-3-11-28(4-2)32(29-14-9-6-10-15-29)30-22-18-25(19-23-30)24-16-20-27(21-17-24)31-26-12-7-5-8-13-26/h3-23,31H,1-2H2/b28-11+. The van der Waals surface area contributed by atoms with Crippen molar-refractivity contribution in [2.75, 3.05) is 10.2 Å². The number of hydrogen-bond donors (Lipinski definition) is 1. The van der Waals surface area contributed by atoms with Gasteiger partial charge in [-0.3, -0.25) is 0 Å². The van der Waals surface area contributed by atoms with Crippen LogP contribution in [-0.2, 0) is 0 Å². The molecule has 0 fully saturated rings. The molecule has 0 aliphatic rings. The second-order valence-corrected chi connectivity index (χ2v) is 7.32. The van der Waals surface area contributed by atoms with Crippen LogP contribution in [0.4, 0.5) is 22.7 Å². The van der Waals surface area contributed by atoms with Gasteiger partial charge in [0.25, 0.3) is 0 Å². The highest BCUT2D eigenvalue weighted by molar-refractivity contribution is 5.74. The molecular formula is C30H26N2. The van der Waals surface area contributed by atoms with Gasteiger partial charge in [-0.25, -0.2) is 0 Å². The van der Waals surface area contributed by atoms with Crippen molar-refractivity contribution in [3.05, 3.63) is 146 Å². The molecule has 0 bridgehead atoms. The van der Waals surface area contributed by atoms with E-state index in [1.807, 2.05) is 48.6 Å². The molecule has 0 aromatic heterocycles. The topological polar surface area (TPSA) is 15.3 Å². The number of para-hydroxylation sites is 2. The van der Waals surface area contributed by atoms with Gasteiger partial charge < -0.3 is 10.2 Å². The molecule has 0 radical (unpaired) electrons. The zero-order valence-electron chi connectivity index (χ0n) is 18.0. The first-order valence-electron chi connectivity index (χ1n) is 10.6. The Bertz CT molecular complexity index is 1190. The molecule has 4 rings (SSSR count). The van der Waals surface area contributed by atoms with E-state index in [1.54, 1.807) is 6.08 Å². The lowest BCUT2D eigenvalue weighted by Crippen LogP contribution is -2.14. The first kappa shape index (κ1) is 21.0. The number of nitrogens with zero attached hydrogens (tertiary/aromatic N) is 1.